The molecule has 9 aromatic rings. The van der Waals surface area contributed by atoms with Crippen LogP contribution < -0.4 is 9.64 Å². The molecular formula is C54H37NO. The lowest BCUT2D eigenvalue weighted by Gasteiger charge is -2.29. The number of rotatable bonds is 7. The topological polar surface area (TPSA) is 12.5 Å². The summed E-state index contributed by atoms with van der Waals surface area (Å²) in [6.07, 6.45) is 0. The monoisotopic (exact) mass is 715 g/mol. The number of anilines is 3. The first-order valence-corrected chi connectivity index (χ1v) is 19.1. The molecule has 0 unspecified atom stereocenters. The van der Waals surface area contributed by atoms with Crippen LogP contribution in [0.5, 0.6) is 11.5 Å². The van der Waals surface area contributed by atoms with E-state index in [1.807, 2.05) is 0 Å². The molecule has 2 nitrogen and oxygen atoms in total. The maximum absolute atomic E-state index is 7.32. The Morgan fingerprint density at radius 1 is 0.232 bits per heavy atom. The van der Waals surface area contributed by atoms with Gasteiger partial charge in [-0.1, -0.05) is 194 Å². The van der Waals surface area contributed by atoms with E-state index < -0.39 is 0 Å². The van der Waals surface area contributed by atoms with E-state index >= 15 is 0 Å². The Morgan fingerprint density at radius 3 is 1.05 bits per heavy atom. The molecule has 0 saturated heterocycles. The molecular weight excluding hydrogens is 679 g/mol. The van der Waals surface area contributed by atoms with Crippen LogP contribution in [0.1, 0.15) is 0 Å². The van der Waals surface area contributed by atoms with E-state index in [-0.39, 0.29) is 0 Å². The largest absolute Gasteiger partial charge is 0.453 e. The average molecular weight is 716 g/mol. The van der Waals surface area contributed by atoms with Crippen molar-refractivity contribution < 1.29 is 4.74 Å². The lowest BCUT2D eigenvalue weighted by Crippen LogP contribution is -2.11. The summed E-state index contributed by atoms with van der Waals surface area (Å²) >= 11 is 0. The molecule has 0 aliphatic carbocycles. The van der Waals surface area contributed by atoms with Crippen molar-refractivity contribution in [2.75, 3.05) is 4.90 Å². The quantitative estimate of drug-likeness (QED) is 0.163. The highest BCUT2D eigenvalue weighted by Crippen LogP contribution is 2.54. The smallest absolute Gasteiger partial charge is 0.159 e. The number of hydrogen-bond acceptors (Lipinski definition) is 2. The van der Waals surface area contributed by atoms with Gasteiger partial charge in [0.25, 0.3) is 0 Å². The van der Waals surface area contributed by atoms with Crippen LogP contribution in [0.4, 0.5) is 17.1 Å². The number of fused-ring (bicyclic) bond motifs is 5. The van der Waals surface area contributed by atoms with Crippen LogP contribution in [-0.4, -0.2) is 0 Å². The molecule has 0 aromatic heterocycles. The Bertz CT molecular complexity index is 2780. The van der Waals surface area contributed by atoms with Gasteiger partial charge in [0.05, 0.1) is 5.69 Å². The highest BCUT2D eigenvalue weighted by atomic mass is 16.5. The van der Waals surface area contributed by atoms with E-state index in [9.17, 15) is 0 Å². The molecule has 0 spiro atoms. The maximum Gasteiger partial charge on any atom is 0.159 e. The predicted octanol–water partition coefficient (Wildman–Crippen LogP) is 15.3. The molecule has 0 amide bonds. The molecule has 0 bridgehead atoms. The number of nitrogens with zero attached hydrogens (tertiary/aromatic N) is 1. The fourth-order valence-electron chi connectivity index (χ4n) is 7.93. The van der Waals surface area contributed by atoms with Crippen molar-refractivity contribution in [3.05, 3.63) is 224 Å². The first-order valence-electron chi connectivity index (χ1n) is 19.1. The van der Waals surface area contributed by atoms with E-state index in [1.165, 1.54) is 27.8 Å². The van der Waals surface area contributed by atoms with Crippen molar-refractivity contribution in [1.29, 1.82) is 0 Å². The average Bonchev–Trinajstić information content (AvgIpc) is 3.43. The first-order chi connectivity index (χ1) is 27.8. The van der Waals surface area contributed by atoms with E-state index in [0.717, 1.165) is 67.5 Å². The predicted molar refractivity (Wildman–Crippen MR) is 234 cm³/mol. The number of benzene rings is 9. The molecule has 0 radical (unpaired) electrons. The summed E-state index contributed by atoms with van der Waals surface area (Å²) in [4.78, 5) is 2.33. The third kappa shape index (κ3) is 6.14. The van der Waals surface area contributed by atoms with Gasteiger partial charge in [-0.25, -0.2) is 0 Å². The molecule has 10 rings (SSSR count). The van der Waals surface area contributed by atoms with Gasteiger partial charge in [0.1, 0.15) is 5.75 Å². The van der Waals surface area contributed by atoms with Crippen molar-refractivity contribution in [2.45, 2.75) is 0 Å². The minimum atomic E-state index is 0.815. The second-order valence-corrected chi connectivity index (χ2v) is 14.1. The second kappa shape index (κ2) is 14.4. The Kier molecular flexibility index (Phi) is 8.55. The molecule has 0 N–H and O–H groups in total. The first kappa shape index (κ1) is 33.2. The van der Waals surface area contributed by atoms with Gasteiger partial charge in [-0.2, -0.15) is 0 Å². The highest BCUT2D eigenvalue weighted by Gasteiger charge is 2.28. The summed E-state index contributed by atoms with van der Waals surface area (Å²) in [5.74, 6) is 1.67. The molecule has 1 aliphatic heterocycles. The maximum atomic E-state index is 7.32. The molecule has 56 heavy (non-hydrogen) atoms. The van der Waals surface area contributed by atoms with E-state index in [1.54, 1.807) is 0 Å². The lowest BCUT2D eigenvalue weighted by atomic mass is 9.92. The van der Waals surface area contributed by atoms with E-state index in [4.69, 9.17) is 4.74 Å². The summed E-state index contributed by atoms with van der Waals surface area (Å²) in [6.45, 7) is 0. The standard InChI is InChI=1S/C54H37NO/c1-4-14-38(15-5-1)40-26-28-41(29-27-40)43-32-36-46(37-33-43)55(45-34-30-42(31-35-45)39-16-6-2-7-17-39)52-25-13-24-51-49-21-11-10-20-48(49)50-23-12-22-47(53(50)56-54(51)52)44-18-8-3-9-19-44/h1-37H. The zero-order chi connectivity index (χ0) is 37.3. The summed E-state index contributed by atoms with van der Waals surface area (Å²) in [5.41, 5.74) is 16.7. The normalized spacial score (nSPS) is 11.4. The molecule has 0 fully saturated rings. The van der Waals surface area contributed by atoms with Crippen molar-refractivity contribution >= 4 is 17.1 Å². The van der Waals surface area contributed by atoms with E-state index in [2.05, 4.69) is 229 Å². The third-order valence-corrected chi connectivity index (χ3v) is 10.7. The molecule has 0 saturated carbocycles. The van der Waals surface area contributed by atoms with Crippen molar-refractivity contribution in [3.63, 3.8) is 0 Å². The zero-order valence-corrected chi connectivity index (χ0v) is 30.7. The lowest BCUT2D eigenvalue weighted by molar-refractivity contribution is 0.490. The Morgan fingerprint density at radius 2 is 0.571 bits per heavy atom. The molecule has 2 heteroatoms. The number of hydrogen-bond donors (Lipinski definition) is 0. The summed E-state index contributed by atoms with van der Waals surface area (Å²) in [6, 6.07) is 79.8. The Balaban J connectivity index is 1.12. The fourth-order valence-corrected chi connectivity index (χ4v) is 7.93. The van der Waals surface area contributed by atoms with Gasteiger partial charge in [-0.3, -0.25) is 0 Å². The third-order valence-electron chi connectivity index (χ3n) is 10.7. The van der Waals surface area contributed by atoms with Crippen LogP contribution in [-0.2, 0) is 0 Å². The van der Waals surface area contributed by atoms with Gasteiger partial charge in [-0.05, 0) is 80.4 Å². The summed E-state index contributed by atoms with van der Waals surface area (Å²) < 4.78 is 7.32. The SMILES string of the molecule is c1ccc(-c2ccc(-c3ccc(N(c4ccc(-c5ccccc5)cc4)c4cccc5c4Oc4c(-c6ccccc6)cccc4-c4ccccc4-5)cc3)cc2)cc1. The molecule has 9 aromatic carbocycles. The Hall–Kier alpha value is -7.42. The number of para-hydroxylation sites is 2. The van der Waals surface area contributed by atoms with Gasteiger partial charge in [-0.15, -0.1) is 0 Å². The molecule has 1 heterocycles. The van der Waals surface area contributed by atoms with Gasteiger partial charge in [0, 0.05) is 28.1 Å². The number of ether oxygens (including phenoxy) is 1. The van der Waals surface area contributed by atoms with Gasteiger partial charge in [0.2, 0.25) is 0 Å². The van der Waals surface area contributed by atoms with Gasteiger partial charge < -0.3 is 9.64 Å². The molecule has 0 atom stereocenters. The van der Waals surface area contributed by atoms with Crippen LogP contribution in [0.15, 0.2) is 224 Å². The van der Waals surface area contributed by atoms with Gasteiger partial charge >= 0.3 is 0 Å². The van der Waals surface area contributed by atoms with E-state index in [0.29, 0.717) is 0 Å². The second-order valence-electron chi connectivity index (χ2n) is 14.1. The summed E-state index contributed by atoms with van der Waals surface area (Å²) in [5, 5.41) is 0. The molecule has 264 valence electrons. The van der Waals surface area contributed by atoms with Crippen molar-refractivity contribution in [2.24, 2.45) is 0 Å². The van der Waals surface area contributed by atoms with Crippen LogP contribution in [0.3, 0.4) is 0 Å². The molecule has 1 aliphatic rings. The van der Waals surface area contributed by atoms with Crippen LogP contribution >= 0.6 is 0 Å². The fraction of sp³-hybridized carbons (Fsp3) is 0. The summed E-state index contributed by atoms with van der Waals surface area (Å²) in [7, 11) is 0. The van der Waals surface area contributed by atoms with Gasteiger partial charge in [0.15, 0.2) is 5.75 Å². The Labute approximate surface area is 328 Å². The minimum absolute atomic E-state index is 0.815. The van der Waals surface area contributed by atoms with Crippen LogP contribution in [0, 0.1) is 0 Å². The highest BCUT2D eigenvalue weighted by molar-refractivity contribution is 5.97. The van der Waals surface area contributed by atoms with Crippen molar-refractivity contribution in [1.82, 2.24) is 0 Å². The van der Waals surface area contributed by atoms with Crippen LogP contribution in [0.2, 0.25) is 0 Å². The van der Waals surface area contributed by atoms with Crippen molar-refractivity contribution in [3.8, 4) is 78.3 Å². The minimum Gasteiger partial charge on any atom is -0.453 e. The van der Waals surface area contributed by atoms with Crippen LogP contribution in [0.25, 0.3) is 66.8 Å². The zero-order valence-electron chi connectivity index (χ0n) is 30.7.